The molecule has 0 saturated carbocycles. The Bertz CT molecular complexity index is 1030. The number of carbonyl (C=O) groups is 1. The van der Waals surface area contributed by atoms with Gasteiger partial charge >= 0.3 is 0 Å². The van der Waals surface area contributed by atoms with Crippen LogP contribution in [0.5, 0.6) is 0 Å². The number of non-ortho nitro benzene ring substituents is 1. The maximum absolute atomic E-state index is 12.4. The topological polar surface area (TPSA) is 110 Å². The quantitative estimate of drug-likeness (QED) is 0.479. The van der Waals surface area contributed by atoms with Gasteiger partial charge in [-0.3, -0.25) is 14.9 Å². The first kappa shape index (κ1) is 19.2. The van der Waals surface area contributed by atoms with E-state index < -0.39 is 10.8 Å². The molecule has 2 aromatic carbocycles. The van der Waals surface area contributed by atoms with E-state index in [0.717, 1.165) is 23.1 Å². The zero-order valence-corrected chi connectivity index (χ0v) is 15.8. The van der Waals surface area contributed by atoms with Crippen molar-refractivity contribution in [1.82, 2.24) is 9.97 Å². The molecule has 0 bridgehead atoms. The van der Waals surface area contributed by atoms with Crippen LogP contribution in [0, 0.1) is 24.0 Å². The van der Waals surface area contributed by atoms with Crippen LogP contribution in [0.2, 0.25) is 5.02 Å². The number of aryl methyl sites for hydroxylation is 2. The van der Waals surface area contributed by atoms with Crippen LogP contribution in [0.25, 0.3) is 0 Å². The van der Waals surface area contributed by atoms with E-state index in [1.54, 1.807) is 24.3 Å². The van der Waals surface area contributed by atoms with Crippen molar-refractivity contribution in [3.63, 3.8) is 0 Å². The van der Waals surface area contributed by atoms with E-state index in [-0.39, 0.29) is 16.3 Å². The van der Waals surface area contributed by atoms with Crippen LogP contribution in [0.1, 0.15) is 21.7 Å². The molecule has 3 aromatic rings. The van der Waals surface area contributed by atoms with E-state index in [1.165, 1.54) is 12.1 Å². The van der Waals surface area contributed by atoms with Gasteiger partial charge in [0.2, 0.25) is 5.95 Å². The summed E-state index contributed by atoms with van der Waals surface area (Å²) in [5, 5.41) is 16.8. The van der Waals surface area contributed by atoms with Gasteiger partial charge in [-0.2, -0.15) is 0 Å². The number of carbonyl (C=O) groups excluding carboxylic acids is 1. The molecule has 0 unspecified atom stereocenters. The number of halogens is 1. The van der Waals surface area contributed by atoms with Crippen LogP contribution in [0.4, 0.5) is 23.0 Å². The van der Waals surface area contributed by atoms with Gasteiger partial charge in [-0.15, -0.1) is 0 Å². The number of amides is 1. The molecule has 9 heteroatoms. The third kappa shape index (κ3) is 4.60. The van der Waals surface area contributed by atoms with Gasteiger partial charge in [0.05, 0.1) is 15.5 Å². The molecule has 1 heterocycles. The number of nitrogens with one attached hydrogen (secondary N) is 2. The highest BCUT2D eigenvalue weighted by molar-refractivity contribution is 6.34. The molecular formula is C19H16ClN5O3. The number of hydrogen-bond acceptors (Lipinski definition) is 6. The Morgan fingerprint density at radius 1 is 1.00 bits per heavy atom. The first-order valence-corrected chi connectivity index (χ1v) is 8.64. The molecular weight excluding hydrogens is 382 g/mol. The Kier molecular flexibility index (Phi) is 5.51. The normalized spacial score (nSPS) is 10.4. The Balaban J connectivity index is 1.73. The van der Waals surface area contributed by atoms with Crippen molar-refractivity contribution in [3.8, 4) is 0 Å². The summed E-state index contributed by atoms with van der Waals surface area (Å²) in [6, 6.07) is 12.5. The standard InChI is InChI=1S/C19H16ClN5O3/c1-11-9-12(2)22-19(21-11)24-14-5-3-13(4-6-14)23-18(26)16-10-15(25(27)28)7-8-17(16)20/h3-10H,1-2H3,(H,23,26)(H,21,22,24). The molecule has 8 nitrogen and oxygen atoms in total. The minimum atomic E-state index is -0.581. The lowest BCUT2D eigenvalue weighted by Crippen LogP contribution is -2.12. The summed E-state index contributed by atoms with van der Waals surface area (Å²) in [5.74, 6) is -0.0512. The van der Waals surface area contributed by atoms with Gasteiger partial charge in [0.25, 0.3) is 11.6 Å². The maximum atomic E-state index is 12.4. The molecule has 3 rings (SSSR count). The molecule has 1 aromatic heterocycles. The van der Waals surface area contributed by atoms with Gasteiger partial charge < -0.3 is 10.6 Å². The highest BCUT2D eigenvalue weighted by atomic mass is 35.5. The maximum Gasteiger partial charge on any atom is 0.270 e. The van der Waals surface area contributed by atoms with Gasteiger partial charge in [0.1, 0.15) is 0 Å². The van der Waals surface area contributed by atoms with E-state index in [2.05, 4.69) is 20.6 Å². The van der Waals surface area contributed by atoms with Crippen LogP contribution in [0.3, 0.4) is 0 Å². The summed E-state index contributed by atoms with van der Waals surface area (Å²) in [6.07, 6.45) is 0. The van der Waals surface area contributed by atoms with Crippen LogP contribution >= 0.6 is 11.6 Å². The summed E-state index contributed by atoms with van der Waals surface area (Å²) >= 11 is 6.00. The van der Waals surface area contributed by atoms with Gasteiger partial charge in [-0.05, 0) is 50.2 Å². The van der Waals surface area contributed by atoms with E-state index >= 15 is 0 Å². The molecule has 28 heavy (non-hydrogen) atoms. The van der Waals surface area contributed by atoms with Crippen molar-refractivity contribution in [2.45, 2.75) is 13.8 Å². The fraction of sp³-hybridized carbons (Fsp3) is 0.105. The SMILES string of the molecule is Cc1cc(C)nc(Nc2ccc(NC(=O)c3cc([N+](=O)[O-])ccc3Cl)cc2)n1. The second kappa shape index (κ2) is 8.01. The van der Waals surface area contributed by atoms with Crippen LogP contribution in [-0.4, -0.2) is 20.8 Å². The number of anilines is 3. The molecule has 0 fully saturated rings. The van der Waals surface area contributed by atoms with Crippen LogP contribution in [-0.2, 0) is 0 Å². The number of nitrogens with zero attached hydrogens (tertiary/aromatic N) is 3. The van der Waals surface area contributed by atoms with E-state index in [1.807, 2.05) is 19.9 Å². The second-order valence-corrected chi connectivity index (χ2v) is 6.46. The van der Waals surface area contributed by atoms with Crippen molar-refractivity contribution in [1.29, 1.82) is 0 Å². The first-order valence-electron chi connectivity index (χ1n) is 8.26. The molecule has 0 aliphatic heterocycles. The fourth-order valence-electron chi connectivity index (χ4n) is 2.55. The number of benzene rings is 2. The number of rotatable bonds is 5. The lowest BCUT2D eigenvalue weighted by Gasteiger charge is -2.09. The van der Waals surface area contributed by atoms with E-state index in [9.17, 15) is 14.9 Å². The second-order valence-electron chi connectivity index (χ2n) is 6.05. The summed E-state index contributed by atoms with van der Waals surface area (Å²) in [6.45, 7) is 3.77. The predicted octanol–water partition coefficient (Wildman–Crippen LogP) is 4.65. The van der Waals surface area contributed by atoms with E-state index in [0.29, 0.717) is 11.6 Å². The average Bonchev–Trinajstić information content (AvgIpc) is 2.62. The lowest BCUT2D eigenvalue weighted by molar-refractivity contribution is -0.384. The van der Waals surface area contributed by atoms with Crippen molar-refractivity contribution >= 4 is 40.5 Å². The predicted molar refractivity (Wildman–Crippen MR) is 107 cm³/mol. The molecule has 0 radical (unpaired) electrons. The summed E-state index contributed by atoms with van der Waals surface area (Å²) in [5.41, 5.74) is 2.79. The minimum absolute atomic E-state index is 0.0294. The third-order valence-corrected chi connectivity index (χ3v) is 4.12. The highest BCUT2D eigenvalue weighted by Crippen LogP contribution is 2.24. The molecule has 142 valence electrons. The molecule has 0 aliphatic carbocycles. The van der Waals surface area contributed by atoms with Gasteiger partial charge in [-0.1, -0.05) is 11.6 Å². The summed E-state index contributed by atoms with van der Waals surface area (Å²) < 4.78 is 0. The summed E-state index contributed by atoms with van der Waals surface area (Å²) in [4.78, 5) is 31.3. The van der Waals surface area contributed by atoms with Crippen molar-refractivity contribution < 1.29 is 9.72 Å². The van der Waals surface area contributed by atoms with Crippen molar-refractivity contribution in [2.24, 2.45) is 0 Å². The molecule has 0 spiro atoms. The zero-order valence-electron chi connectivity index (χ0n) is 15.1. The first-order chi connectivity index (χ1) is 13.3. The molecule has 0 atom stereocenters. The van der Waals surface area contributed by atoms with E-state index in [4.69, 9.17) is 11.6 Å². The van der Waals surface area contributed by atoms with Crippen molar-refractivity contribution in [3.05, 3.63) is 80.6 Å². The molecule has 2 N–H and O–H groups in total. The average molecular weight is 398 g/mol. The zero-order chi connectivity index (χ0) is 20.3. The van der Waals surface area contributed by atoms with Crippen LogP contribution < -0.4 is 10.6 Å². The minimum Gasteiger partial charge on any atom is -0.324 e. The van der Waals surface area contributed by atoms with Crippen LogP contribution in [0.15, 0.2) is 48.5 Å². The largest absolute Gasteiger partial charge is 0.324 e. The van der Waals surface area contributed by atoms with Gasteiger partial charge in [0, 0.05) is 34.9 Å². The fourth-order valence-corrected chi connectivity index (χ4v) is 2.75. The Morgan fingerprint density at radius 3 is 2.21 bits per heavy atom. The molecule has 1 amide bonds. The summed E-state index contributed by atoms with van der Waals surface area (Å²) in [7, 11) is 0. The number of nitro groups is 1. The highest BCUT2D eigenvalue weighted by Gasteiger charge is 2.16. The van der Waals surface area contributed by atoms with Gasteiger partial charge in [0.15, 0.2) is 0 Å². The Labute approximate surface area is 165 Å². The number of nitro benzene ring substituents is 1. The monoisotopic (exact) mass is 397 g/mol. The smallest absolute Gasteiger partial charge is 0.270 e. The molecule has 0 saturated heterocycles. The lowest BCUT2D eigenvalue weighted by atomic mass is 10.2. The third-order valence-electron chi connectivity index (χ3n) is 3.79. The number of aromatic nitrogens is 2. The van der Waals surface area contributed by atoms with Gasteiger partial charge in [-0.25, -0.2) is 9.97 Å². The Hall–Kier alpha value is -3.52. The molecule has 0 aliphatic rings. The Morgan fingerprint density at radius 2 is 1.61 bits per heavy atom. The number of hydrogen-bond donors (Lipinski definition) is 2. The van der Waals surface area contributed by atoms with Crippen molar-refractivity contribution in [2.75, 3.05) is 10.6 Å².